The molecule has 0 aromatic rings. The van der Waals surface area contributed by atoms with Crippen molar-refractivity contribution >= 4 is 11.0 Å². The standard InChI is InChI=1S/O.H4Si.Ti.Zr/h;1H4;;. The summed E-state index contributed by atoms with van der Waals surface area (Å²) in [6.45, 7) is 0. The van der Waals surface area contributed by atoms with Gasteiger partial charge in [-0.15, -0.1) is 0 Å². The molecule has 4 heavy (non-hydrogen) atoms. The molecule has 0 bridgehead atoms. The van der Waals surface area contributed by atoms with Gasteiger partial charge >= 0.3 is 23.7 Å². The van der Waals surface area contributed by atoms with E-state index in [9.17, 15) is 0 Å². The summed E-state index contributed by atoms with van der Waals surface area (Å²) in [5, 5.41) is 0. The summed E-state index contributed by atoms with van der Waals surface area (Å²) < 4.78 is 8.25. The molecule has 0 saturated heterocycles. The molecule has 0 aliphatic carbocycles. The van der Waals surface area contributed by atoms with Crippen LogP contribution in [0, 0.1) is 0 Å². The topological polar surface area (TPSA) is 17.1 Å². The first-order valence-corrected chi connectivity index (χ1v) is 0.842. The van der Waals surface area contributed by atoms with Gasteiger partial charge in [0.2, 0.25) is 0 Å². The molecule has 22 valence electrons. The van der Waals surface area contributed by atoms with Gasteiger partial charge in [-0.2, -0.15) is 0 Å². The summed E-state index contributed by atoms with van der Waals surface area (Å²) in [6.07, 6.45) is 0. The summed E-state index contributed by atoms with van der Waals surface area (Å²) in [7, 11) is 0. The van der Waals surface area contributed by atoms with Crippen LogP contribution in [0.3, 0.4) is 0 Å². The van der Waals surface area contributed by atoms with E-state index in [2.05, 4.69) is 0 Å². The van der Waals surface area contributed by atoms with E-state index < -0.39 is 0 Å². The molecule has 0 spiro atoms. The quantitative estimate of drug-likeness (QED) is 0.419. The first kappa shape index (κ1) is 17.5. The fourth-order valence-corrected chi connectivity index (χ4v) is 0. The fraction of sp³-hybridized carbons (Fsp3) is 0. The second kappa shape index (κ2) is 23.1. The number of rotatable bonds is 0. The van der Waals surface area contributed by atoms with Crippen molar-refractivity contribution < 1.29 is 49.9 Å². The van der Waals surface area contributed by atoms with Gasteiger partial charge < -0.3 is 0 Å². The van der Waals surface area contributed by atoms with Gasteiger partial charge in [0.05, 0.1) is 0 Å². The van der Waals surface area contributed by atoms with Gasteiger partial charge in [-0.05, 0) is 11.0 Å². The Morgan fingerprint density at radius 2 is 1.25 bits per heavy atom. The molecule has 0 radical (unpaired) electrons. The Morgan fingerprint density at radius 3 is 1.25 bits per heavy atom. The Bertz CT molecular complexity index is 8.00. The Labute approximate surface area is 60.4 Å². The van der Waals surface area contributed by atoms with Gasteiger partial charge in [-0.3, -0.25) is 0 Å². The molecule has 0 fully saturated rings. The van der Waals surface area contributed by atoms with Crippen LogP contribution >= 0.6 is 0 Å². The van der Waals surface area contributed by atoms with Gasteiger partial charge in [-0.25, -0.2) is 0 Å². The zero-order chi connectivity index (χ0) is 2.00. The maximum atomic E-state index is 8.25. The van der Waals surface area contributed by atoms with Crippen molar-refractivity contribution in [3.05, 3.63) is 0 Å². The minimum atomic E-state index is 0. The Morgan fingerprint density at radius 1 is 1.25 bits per heavy atom. The monoisotopic (exact) mass is 186 g/mol. The Kier molecular flexibility index (Phi) is 101. The molecule has 0 saturated carbocycles. The third-order valence-electron chi connectivity index (χ3n) is 0. The van der Waals surface area contributed by atoms with Gasteiger partial charge in [0.25, 0.3) is 0 Å². The second-order valence-corrected chi connectivity index (χ2v) is 0. The van der Waals surface area contributed by atoms with E-state index in [4.69, 9.17) is 3.32 Å². The minimum Gasteiger partial charge on any atom is -0.0149 e. The predicted octanol–water partition coefficient (Wildman–Crippen LogP) is -1.58. The van der Waals surface area contributed by atoms with Crippen LogP contribution in [-0.2, 0) is 49.9 Å². The molecule has 0 amide bonds. The van der Waals surface area contributed by atoms with Crippen molar-refractivity contribution in [2.45, 2.75) is 0 Å². The Hall–Kier alpha value is 1.61. The largest absolute Gasteiger partial charge is 0.0149 e. The zero-order valence-corrected chi connectivity index (χ0v) is 5.43. The summed E-state index contributed by atoms with van der Waals surface area (Å²) in [5.41, 5.74) is 0. The summed E-state index contributed by atoms with van der Waals surface area (Å²) in [4.78, 5) is 0. The van der Waals surface area contributed by atoms with E-state index in [1.807, 2.05) is 0 Å². The maximum absolute atomic E-state index is 8.25. The molecule has 0 unspecified atom stereocenters. The summed E-state index contributed by atoms with van der Waals surface area (Å²) in [5.74, 6) is 0. The number of hydrogen-bond donors (Lipinski definition) is 0. The first-order valence-electron chi connectivity index (χ1n) is 0.204. The third-order valence-corrected chi connectivity index (χ3v) is 0. The molecule has 0 N–H and O–H groups in total. The molecule has 4 heteroatoms. The van der Waals surface area contributed by atoms with Crippen LogP contribution in [0.2, 0.25) is 0 Å². The Balaban J connectivity index is -0.00000000500. The van der Waals surface area contributed by atoms with Crippen molar-refractivity contribution in [1.29, 1.82) is 0 Å². The zero-order valence-electron chi connectivity index (χ0n) is 1.41. The summed E-state index contributed by atoms with van der Waals surface area (Å²) >= 11 is 0.750. The average molecular weight is 187 g/mol. The predicted molar refractivity (Wildman–Crippen MR) is 12.0 cm³/mol. The second-order valence-electron chi connectivity index (χ2n) is 0. The van der Waals surface area contributed by atoms with E-state index in [-0.39, 0.29) is 37.2 Å². The van der Waals surface area contributed by atoms with Gasteiger partial charge in [0.1, 0.15) is 0 Å². The third kappa shape index (κ3) is 9.48. The smallest absolute Gasteiger partial charge is 0 e. The van der Waals surface area contributed by atoms with Crippen LogP contribution in [-0.4, -0.2) is 11.0 Å². The van der Waals surface area contributed by atoms with E-state index in [0.29, 0.717) is 0 Å². The molecule has 0 aromatic heterocycles. The maximum Gasteiger partial charge on any atom is 0 e. The van der Waals surface area contributed by atoms with Crippen LogP contribution in [0.5, 0.6) is 0 Å². The molecule has 0 aromatic carbocycles. The van der Waals surface area contributed by atoms with Crippen LogP contribution in [0.25, 0.3) is 0 Å². The molecule has 0 aliphatic rings. The van der Waals surface area contributed by atoms with Crippen molar-refractivity contribution in [3.63, 3.8) is 0 Å². The average Bonchev–Trinajstić information content (AvgIpc) is 1.00. The SMILES string of the molecule is [O]=[Ti].[SiH4].[Zr]. The van der Waals surface area contributed by atoms with Crippen molar-refractivity contribution in [3.8, 4) is 0 Å². The van der Waals surface area contributed by atoms with Crippen LogP contribution < -0.4 is 0 Å². The summed E-state index contributed by atoms with van der Waals surface area (Å²) in [6, 6.07) is 0. The van der Waals surface area contributed by atoms with Crippen molar-refractivity contribution in [1.82, 2.24) is 0 Å². The fourth-order valence-electron chi connectivity index (χ4n) is 0. The van der Waals surface area contributed by atoms with E-state index >= 15 is 0 Å². The molecule has 0 heterocycles. The van der Waals surface area contributed by atoms with Crippen LogP contribution in [0.4, 0.5) is 0 Å². The van der Waals surface area contributed by atoms with E-state index in [1.54, 1.807) is 0 Å². The first-order chi connectivity index (χ1) is 1.00. The molecule has 1 nitrogen and oxygen atoms in total. The molecular formula is H4OSiTiZr. The number of hydrogen-bond acceptors (Lipinski definition) is 1. The van der Waals surface area contributed by atoms with Crippen LogP contribution in [0.1, 0.15) is 0 Å². The molecule has 0 atom stereocenters. The van der Waals surface area contributed by atoms with Crippen LogP contribution in [0.15, 0.2) is 0 Å². The minimum absolute atomic E-state index is 0. The van der Waals surface area contributed by atoms with Gasteiger partial charge in [0, 0.05) is 26.2 Å². The molecular weight excluding hydrogens is 183 g/mol. The normalized spacial score (nSPS) is 0.750. The van der Waals surface area contributed by atoms with Crippen molar-refractivity contribution in [2.24, 2.45) is 0 Å². The van der Waals surface area contributed by atoms with Gasteiger partial charge in [-0.1, -0.05) is 0 Å². The molecule has 0 aliphatic heterocycles. The van der Waals surface area contributed by atoms with Gasteiger partial charge in [0.15, 0.2) is 0 Å². The van der Waals surface area contributed by atoms with E-state index in [0.717, 1.165) is 20.4 Å². The van der Waals surface area contributed by atoms with Crippen molar-refractivity contribution in [2.75, 3.05) is 0 Å². The van der Waals surface area contributed by atoms with E-state index in [1.165, 1.54) is 0 Å². The molecule has 0 rings (SSSR count).